The molecule has 0 amide bonds. The second-order valence-electron chi connectivity index (χ2n) is 6.36. The van der Waals surface area contributed by atoms with Gasteiger partial charge in [-0.1, -0.05) is 40.5 Å². The second kappa shape index (κ2) is 8.84. The number of halogens is 8. The molecule has 3 aromatic rings. The van der Waals surface area contributed by atoms with Crippen LogP contribution in [0.3, 0.4) is 0 Å². The summed E-state index contributed by atoms with van der Waals surface area (Å²) in [5.74, 6) is 3.99. The summed E-state index contributed by atoms with van der Waals surface area (Å²) in [7, 11) is 0. The van der Waals surface area contributed by atoms with Gasteiger partial charge in [0.2, 0.25) is 5.78 Å². The molecule has 0 saturated carbocycles. The highest BCUT2D eigenvalue weighted by molar-refractivity contribution is 6.35. The fourth-order valence-electron chi connectivity index (χ4n) is 2.59. The van der Waals surface area contributed by atoms with E-state index in [-0.39, 0.29) is 33.1 Å². The van der Waals surface area contributed by atoms with Crippen molar-refractivity contribution < 1.29 is 31.1 Å². The van der Waals surface area contributed by atoms with Crippen molar-refractivity contribution in [3.63, 3.8) is 0 Å². The molecule has 0 bridgehead atoms. The van der Waals surface area contributed by atoms with Crippen molar-refractivity contribution in [1.82, 2.24) is 15.0 Å². The zero-order valence-electron chi connectivity index (χ0n) is 15.5. The highest BCUT2D eigenvalue weighted by atomic mass is 35.5. The molecule has 0 saturated heterocycles. The molecule has 0 radical (unpaired) electrons. The monoisotopic (exact) mass is 491 g/mol. The van der Waals surface area contributed by atoms with Crippen LogP contribution in [0, 0.1) is 11.8 Å². The molecule has 0 aliphatic rings. The lowest BCUT2D eigenvalue weighted by Gasteiger charge is -2.14. The van der Waals surface area contributed by atoms with E-state index in [1.165, 1.54) is 12.1 Å². The van der Waals surface area contributed by atoms with Gasteiger partial charge in [0.05, 0.1) is 22.7 Å². The van der Waals surface area contributed by atoms with Crippen molar-refractivity contribution in [2.24, 2.45) is 0 Å². The zero-order chi connectivity index (χ0) is 23.7. The third kappa shape index (κ3) is 5.41. The highest BCUT2D eigenvalue weighted by Crippen LogP contribution is 2.36. The molecular formula is C20H9Cl2F6N3O. The van der Waals surface area contributed by atoms with Crippen molar-refractivity contribution in [3.05, 3.63) is 80.6 Å². The van der Waals surface area contributed by atoms with Gasteiger partial charge in [-0.05, 0) is 47.7 Å². The summed E-state index contributed by atoms with van der Waals surface area (Å²) in [6, 6.07) is 7.26. The third-order valence-electron chi connectivity index (χ3n) is 4.07. The molecule has 0 unspecified atom stereocenters. The fourth-order valence-corrected chi connectivity index (χ4v) is 2.99. The molecule has 0 N–H and O–H groups in total. The Balaban J connectivity index is 1.90. The predicted molar refractivity (Wildman–Crippen MR) is 103 cm³/mol. The molecule has 0 fully saturated rings. The van der Waals surface area contributed by atoms with E-state index in [0.717, 1.165) is 4.68 Å². The zero-order valence-corrected chi connectivity index (χ0v) is 17.0. The van der Waals surface area contributed by atoms with Crippen LogP contribution in [0.5, 0.6) is 0 Å². The molecular weight excluding hydrogens is 483 g/mol. The van der Waals surface area contributed by atoms with Crippen LogP contribution in [0.4, 0.5) is 26.3 Å². The van der Waals surface area contributed by atoms with Gasteiger partial charge in [-0.2, -0.15) is 26.3 Å². The Morgan fingerprint density at radius 2 is 1.56 bits per heavy atom. The average Bonchev–Trinajstić information content (AvgIpc) is 3.04. The molecule has 1 aromatic heterocycles. The van der Waals surface area contributed by atoms with E-state index in [2.05, 4.69) is 22.2 Å². The minimum Gasteiger partial charge on any atom is -0.279 e. The molecule has 0 spiro atoms. The predicted octanol–water partition coefficient (Wildman–Crippen LogP) is 5.91. The number of benzene rings is 2. The number of rotatable bonds is 3. The molecule has 3 rings (SSSR count). The maximum atomic E-state index is 13.0. The number of hydrogen-bond donors (Lipinski definition) is 0. The van der Waals surface area contributed by atoms with Gasteiger partial charge in [0.25, 0.3) is 0 Å². The van der Waals surface area contributed by atoms with Crippen LogP contribution in [-0.2, 0) is 18.9 Å². The smallest absolute Gasteiger partial charge is 0.279 e. The lowest BCUT2D eigenvalue weighted by atomic mass is 10.0. The van der Waals surface area contributed by atoms with E-state index in [4.69, 9.17) is 23.2 Å². The van der Waals surface area contributed by atoms with Crippen LogP contribution in [0.25, 0.3) is 0 Å². The number of carbonyl (C=O) groups excluding carboxylic acids is 1. The molecule has 0 aliphatic carbocycles. The normalized spacial score (nSPS) is 11.8. The van der Waals surface area contributed by atoms with Crippen molar-refractivity contribution in [2.45, 2.75) is 18.9 Å². The minimum atomic E-state index is -4.99. The first-order chi connectivity index (χ1) is 14.9. The standard InChI is InChI=1S/C20H9Cl2F6N3O/c21-15-4-2-1-3-14(15)17(32)6-5-16-18(22)31(30-29-16)10-11-7-12(19(23,24)25)9-13(8-11)20(26,27)28/h1-4,7-9H,10H2. The summed E-state index contributed by atoms with van der Waals surface area (Å²) >= 11 is 12.0. The number of carbonyl (C=O) groups is 1. The molecule has 166 valence electrons. The molecule has 0 aliphatic heterocycles. The molecule has 32 heavy (non-hydrogen) atoms. The number of ketones is 1. The van der Waals surface area contributed by atoms with Crippen molar-refractivity contribution in [1.29, 1.82) is 0 Å². The number of aromatic nitrogens is 3. The molecule has 0 atom stereocenters. The maximum absolute atomic E-state index is 13.0. The summed E-state index contributed by atoms with van der Waals surface area (Å²) in [6.45, 7) is -0.543. The molecule has 1 heterocycles. The van der Waals surface area contributed by atoms with Crippen molar-refractivity contribution >= 4 is 29.0 Å². The summed E-state index contributed by atoms with van der Waals surface area (Å²) in [4.78, 5) is 12.1. The summed E-state index contributed by atoms with van der Waals surface area (Å²) < 4.78 is 79.0. The van der Waals surface area contributed by atoms with Crippen LogP contribution in [-0.4, -0.2) is 20.8 Å². The second-order valence-corrected chi connectivity index (χ2v) is 7.12. The van der Waals surface area contributed by atoms with E-state index in [1.54, 1.807) is 12.1 Å². The van der Waals surface area contributed by atoms with Crippen LogP contribution in [0.15, 0.2) is 42.5 Å². The summed E-state index contributed by atoms with van der Waals surface area (Å²) in [5, 5.41) is 7.12. The number of hydrogen-bond acceptors (Lipinski definition) is 3. The number of Topliss-reactive ketones (excluding diaryl/α,β-unsaturated/α-hetero) is 1. The Morgan fingerprint density at radius 3 is 2.12 bits per heavy atom. The highest BCUT2D eigenvalue weighted by Gasteiger charge is 2.37. The topological polar surface area (TPSA) is 47.8 Å². The van der Waals surface area contributed by atoms with Gasteiger partial charge in [-0.15, -0.1) is 5.10 Å². The van der Waals surface area contributed by atoms with E-state index < -0.39 is 35.8 Å². The summed E-state index contributed by atoms with van der Waals surface area (Å²) in [5.41, 5.74) is -3.35. The van der Waals surface area contributed by atoms with Gasteiger partial charge in [0.15, 0.2) is 10.8 Å². The Bertz CT molecular complexity index is 1210. The van der Waals surface area contributed by atoms with Gasteiger partial charge in [0.1, 0.15) is 0 Å². The molecule has 12 heteroatoms. The Labute approximate surface area is 186 Å². The fraction of sp³-hybridized carbons (Fsp3) is 0.150. The Morgan fingerprint density at radius 1 is 0.969 bits per heavy atom. The largest absolute Gasteiger partial charge is 0.416 e. The van der Waals surface area contributed by atoms with Crippen LogP contribution in [0.1, 0.15) is 32.7 Å². The van der Waals surface area contributed by atoms with Crippen molar-refractivity contribution in [3.8, 4) is 11.8 Å². The Hall–Kier alpha value is -3.03. The van der Waals surface area contributed by atoms with Gasteiger partial charge in [-0.3, -0.25) is 4.79 Å². The van der Waals surface area contributed by atoms with Gasteiger partial charge in [0, 0.05) is 5.56 Å². The number of alkyl halides is 6. The quantitative estimate of drug-likeness (QED) is 0.260. The van der Waals surface area contributed by atoms with E-state index in [1.807, 2.05) is 0 Å². The SMILES string of the molecule is O=C(C#Cc1nnn(Cc2cc(C(F)(F)F)cc(C(F)(F)F)c2)c1Cl)c1ccccc1Cl. The lowest BCUT2D eigenvalue weighted by molar-refractivity contribution is -0.143. The number of nitrogens with zero attached hydrogens (tertiary/aromatic N) is 3. The van der Waals surface area contributed by atoms with Crippen molar-refractivity contribution in [2.75, 3.05) is 0 Å². The van der Waals surface area contributed by atoms with Gasteiger partial charge in [-0.25, -0.2) is 4.68 Å². The van der Waals surface area contributed by atoms with E-state index >= 15 is 0 Å². The summed E-state index contributed by atoms with van der Waals surface area (Å²) in [6.07, 6.45) is -9.98. The van der Waals surface area contributed by atoms with E-state index in [9.17, 15) is 31.1 Å². The van der Waals surface area contributed by atoms with Crippen LogP contribution in [0.2, 0.25) is 10.2 Å². The molecule has 4 nitrogen and oxygen atoms in total. The maximum Gasteiger partial charge on any atom is 0.416 e. The Kier molecular flexibility index (Phi) is 6.53. The minimum absolute atomic E-state index is 0.0175. The van der Waals surface area contributed by atoms with Crippen LogP contribution >= 0.6 is 23.2 Å². The first-order valence-electron chi connectivity index (χ1n) is 8.54. The third-order valence-corrected chi connectivity index (χ3v) is 4.77. The van der Waals surface area contributed by atoms with Crippen LogP contribution < -0.4 is 0 Å². The molecule has 2 aromatic carbocycles. The van der Waals surface area contributed by atoms with E-state index in [0.29, 0.717) is 12.1 Å². The first kappa shape index (κ1) is 23.6. The average molecular weight is 492 g/mol. The van der Waals surface area contributed by atoms with Gasteiger partial charge < -0.3 is 0 Å². The van der Waals surface area contributed by atoms with Gasteiger partial charge >= 0.3 is 12.4 Å². The lowest BCUT2D eigenvalue weighted by Crippen LogP contribution is -2.13. The first-order valence-corrected chi connectivity index (χ1v) is 9.30.